The van der Waals surface area contributed by atoms with Crippen LogP contribution in [0.25, 0.3) is 28.2 Å². The summed E-state index contributed by atoms with van der Waals surface area (Å²) < 4.78 is 3.19. The van der Waals surface area contributed by atoms with Gasteiger partial charge in [-0.1, -0.05) is 36.4 Å². The van der Waals surface area contributed by atoms with Gasteiger partial charge in [0.25, 0.3) is 5.91 Å². The van der Waals surface area contributed by atoms with Crippen LogP contribution in [0.2, 0.25) is 0 Å². The highest BCUT2D eigenvalue weighted by atomic mass is 16.2. The highest BCUT2D eigenvalue weighted by Gasteiger charge is 2.26. The Hall–Kier alpha value is -3.74. The third-order valence-corrected chi connectivity index (χ3v) is 6.12. The van der Waals surface area contributed by atoms with Gasteiger partial charge >= 0.3 is 5.69 Å². The average Bonchev–Trinajstić information content (AvgIpc) is 3.12. The van der Waals surface area contributed by atoms with E-state index in [4.69, 9.17) is 9.97 Å². The molecule has 4 aromatic rings. The first-order valence-electron chi connectivity index (χ1n) is 11.4. The number of benzene rings is 2. The molecule has 1 amide bonds. The van der Waals surface area contributed by atoms with E-state index in [2.05, 4.69) is 0 Å². The zero-order chi connectivity index (χ0) is 23.7. The number of nitrogens with zero attached hydrogens (tertiary/aromatic N) is 5. The summed E-state index contributed by atoms with van der Waals surface area (Å²) in [7, 11) is 0. The molecule has 0 N–H and O–H groups in total. The summed E-state index contributed by atoms with van der Waals surface area (Å²) in [5.74, 6) is 0.216. The Morgan fingerprint density at radius 3 is 2.24 bits per heavy atom. The van der Waals surface area contributed by atoms with E-state index in [9.17, 15) is 9.59 Å². The Labute approximate surface area is 193 Å². The van der Waals surface area contributed by atoms with Gasteiger partial charge in [0.2, 0.25) is 0 Å². The smallest absolute Gasteiger partial charge is 0.335 e. The Kier molecular flexibility index (Phi) is 6.14. The van der Waals surface area contributed by atoms with Crippen LogP contribution in [-0.4, -0.2) is 43.0 Å². The Morgan fingerprint density at radius 1 is 0.939 bits per heavy atom. The molecule has 0 aliphatic rings. The van der Waals surface area contributed by atoms with Gasteiger partial charge in [-0.25, -0.2) is 19.3 Å². The molecular weight excluding hydrogens is 414 g/mol. The lowest BCUT2D eigenvalue weighted by Gasteiger charge is -2.19. The van der Waals surface area contributed by atoms with E-state index in [-0.39, 0.29) is 17.3 Å². The fourth-order valence-corrected chi connectivity index (χ4v) is 4.07. The predicted octanol–water partition coefficient (Wildman–Crippen LogP) is 4.37. The standard InChI is InChI=1S/C26H29N5O2/c1-6-29(7-2)25(32)21-22-24(28-23(27-21)19-12-10-9-11-13-19)31(26(33)30(22)8-3)20-15-14-17(4)18(5)16-20/h9-16H,6-8H2,1-5H3. The number of aromatic nitrogens is 4. The van der Waals surface area contributed by atoms with Gasteiger partial charge in [0.1, 0.15) is 5.52 Å². The second kappa shape index (κ2) is 9.02. The number of rotatable bonds is 6. The minimum Gasteiger partial charge on any atom is -0.338 e. The summed E-state index contributed by atoms with van der Waals surface area (Å²) >= 11 is 0. The maximum absolute atomic E-state index is 13.6. The number of carbonyl (C=O) groups excluding carboxylic acids is 1. The highest BCUT2D eigenvalue weighted by molar-refractivity contribution is 6.03. The molecular formula is C26H29N5O2. The van der Waals surface area contributed by atoms with Gasteiger partial charge in [-0.15, -0.1) is 0 Å². The van der Waals surface area contributed by atoms with Crippen molar-refractivity contribution in [3.63, 3.8) is 0 Å². The van der Waals surface area contributed by atoms with Crippen LogP contribution in [0.5, 0.6) is 0 Å². The molecule has 0 aliphatic carbocycles. The summed E-state index contributed by atoms with van der Waals surface area (Å²) in [6.45, 7) is 11.3. The molecule has 0 saturated heterocycles. The van der Waals surface area contributed by atoms with Crippen LogP contribution in [0, 0.1) is 13.8 Å². The summed E-state index contributed by atoms with van der Waals surface area (Å²) in [6.07, 6.45) is 0. The first-order chi connectivity index (χ1) is 15.9. The quantitative estimate of drug-likeness (QED) is 0.444. The van der Waals surface area contributed by atoms with Crippen molar-refractivity contribution in [1.82, 2.24) is 24.0 Å². The van der Waals surface area contributed by atoms with Crippen molar-refractivity contribution < 1.29 is 4.79 Å². The lowest BCUT2D eigenvalue weighted by molar-refractivity contribution is 0.0769. The molecule has 0 unspecified atom stereocenters. The molecule has 0 spiro atoms. The van der Waals surface area contributed by atoms with E-state index in [1.54, 1.807) is 14.0 Å². The maximum Gasteiger partial charge on any atom is 0.335 e. The van der Waals surface area contributed by atoms with Crippen LogP contribution in [0.3, 0.4) is 0 Å². The van der Waals surface area contributed by atoms with Crippen LogP contribution in [0.4, 0.5) is 0 Å². The lowest BCUT2D eigenvalue weighted by Crippen LogP contribution is -2.32. The second-order valence-corrected chi connectivity index (χ2v) is 8.04. The number of aryl methyl sites for hydroxylation is 3. The first-order valence-corrected chi connectivity index (χ1v) is 11.4. The highest BCUT2D eigenvalue weighted by Crippen LogP contribution is 2.25. The molecule has 0 radical (unpaired) electrons. The van der Waals surface area contributed by atoms with Crippen molar-refractivity contribution in [3.8, 4) is 17.1 Å². The van der Waals surface area contributed by atoms with Gasteiger partial charge in [0.05, 0.1) is 5.69 Å². The van der Waals surface area contributed by atoms with Gasteiger partial charge < -0.3 is 4.90 Å². The zero-order valence-corrected chi connectivity index (χ0v) is 19.8. The van der Waals surface area contributed by atoms with E-state index in [0.29, 0.717) is 36.6 Å². The van der Waals surface area contributed by atoms with Gasteiger partial charge in [0.15, 0.2) is 17.2 Å². The molecule has 2 aromatic carbocycles. The third kappa shape index (κ3) is 3.84. The predicted molar refractivity (Wildman–Crippen MR) is 131 cm³/mol. The molecule has 170 valence electrons. The number of amides is 1. The van der Waals surface area contributed by atoms with E-state index < -0.39 is 0 Å². The van der Waals surface area contributed by atoms with Gasteiger partial charge in [0, 0.05) is 25.2 Å². The molecule has 33 heavy (non-hydrogen) atoms. The molecule has 2 aromatic heterocycles. The van der Waals surface area contributed by atoms with Crippen molar-refractivity contribution in [2.45, 2.75) is 41.2 Å². The van der Waals surface area contributed by atoms with Crippen LogP contribution in [-0.2, 0) is 6.54 Å². The molecule has 7 heteroatoms. The fraction of sp³-hybridized carbons (Fsp3) is 0.308. The van der Waals surface area contributed by atoms with E-state index in [0.717, 1.165) is 22.4 Å². The lowest BCUT2D eigenvalue weighted by atomic mass is 10.1. The molecule has 0 aliphatic heterocycles. The summed E-state index contributed by atoms with van der Waals surface area (Å²) in [5.41, 5.74) is 4.66. The number of imidazole rings is 1. The minimum atomic E-state index is -0.233. The van der Waals surface area contributed by atoms with E-state index >= 15 is 0 Å². The largest absolute Gasteiger partial charge is 0.338 e. The normalized spacial score (nSPS) is 11.2. The second-order valence-electron chi connectivity index (χ2n) is 8.04. The molecule has 0 saturated carbocycles. The Morgan fingerprint density at radius 2 is 1.64 bits per heavy atom. The summed E-state index contributed by atoms with van der Waals surface area (Å²) in [5, 5.41) is 0. The summed E-state index contributed by atoms with van der Waals surface area (Å²) in [4.78, 5) is 38.4. The number of hydrogen-bond acceptors (Lipinski definition) is 4. The van der Waals surface area contributed by atoms with Gasteiger partial charge in [-0.2, -0.15) is 0 Å². The van der Waals surface area contributed by atoms with Crippen molar-refractivity contribution in [1.29, 1.82) is 0 Å². The average molecular weight is 444 g/mol. The SMILES string of the molecule is CCN(CC)C(=O)c1nc(-c2ccccc2)nc2c1n(CC)c(=O)n2-c1ccc(C)c(C)c1. The Balaban J connectivity index is 2.13. The Bertz CT molecular complexity index is 1380. The van der Waals surface area contributed by atoms with Crippen LogP contribution in [0.1, 0.15) is 42.4 Å². The van der Waals surface area contributed by atoms with E-state index in [1.807, 2.05) is 83.1 Å². The van der Waals surface area contributed by atoms with Crippen LogP contribution >= 0.6 is 0 Å². The monoisotopic (exact) mass is 443 g/mol. The van der Waals surface area contributed by atoms with Crippen LogP contribution in [0.15, 0.2) is 53.3 Å². The molecule has 0 fully saturated rings. The molecule has 0 atom stereocenters. The van der Waals surface area contributed by atoms with Gasteiger partial charge in [-0.05, 0) is 57.9 Å². The number of hydrogen-bond donors (Lipinski definition) is 0. The van der Waals surface area contributed by atoms with Crippen LogP contribution < -0.4 is 5.69 Å². The molecule has 7 nitrogen and oxygen atoms in total. The maximum atomic E-state index is 13.6. The number of fused-ring (bicyclic) bond motifs is 1. The number of carbonyl (C=O) groups is 1. The first kappa shape index (κ1) is 22.5. The topological polar surface area (TPSA) is 73.0 Å². The molecule has 0 bridgehead atoms. The minimum absolute atomic E-state index is 0.205. The van der Waals surface area contributed by atoms with Gasteiger partial charge in [-0.3, -0.25) is 9.36 Å². The zero-order valence-electron chi connectivity index (χ0n) is 19.8. The van der Waals surface area contributed by atoms with Crippen molar-refractivity contribution >= 4 is 17.1 Å². The fourth-order valence-electron chi connectivity index (χ4n) is 4.07. The molecule has 4 rings (SSSR count). The summed E-state index contributed by atoms with van der Waals surface area (Å²) in [6, 6.07) is 15.4. The molecule has 2 heterocycles. The van der Waals surface area contributed by atoms with Crippen molar-refractivity contribution in [3.05, 3.63) is 75.8 Å². The van der Waals surface area contributed by atoms with E-state index in [1.165, 1.54) is 0 Å². The third-order valence-electron chi connectivity index (χ3n) is 6.12. The van der Waals surface area contributed by atoms with Crippen molar-refractivity contribution in [2.75, 3.05) is 13.1 Å². The van der Waals surface area contributed by atoms with Crippen molar-refractivity contribution in [2.24, 2.45) is 0 Å².